The largest absolute Gasteiger partial charge is 0.372 e. The molecule has 0 amide bonds. The van der Waals surface area contributed by atoms with Crippen molar-refractivity contribution in [3.8, 4) is 0 Å². The Bertz CT molecular complexity index is 467. The Balaban J connectivity index is 2.04. The van der Waals surface area contributed by atoms with Gasteiger partial charge in [-0.15, -0.1) is 0 Å². The van der Waals surface area contributed by atoms with Gasteiger partial charge < -0.3 is 10.5 Å². The van der Waals surface area contributed by atoms with Gasteiger partial charge in [0.15, 0.2) is 0 Å². The van der Waals surface area contributed by atoms with Crippen LogP contribution in [0, 0.1) is 10.1 Å². The van der Waals surface area contributed by atoms with Crippen LogP contribution < -0.4 is 5.73 Å². The van der Waals surface area contributed by atoms with Crippen LogP contribution >= 0.6 is 11.6 Å². The topological polar surface area (TPSA) is 78.4 Å². The van der Waals surface area contributed by atoms with Crippen molar-refractivity contribution in [3.05, 3.63) is 38.9 Å². The number of nitro benzene ring substituents is 1. The van der Waals surface area contributed by atoms with E-state index in [1.165, 1.54) is 6.07 Å². The van der Waals surface area contributed by atoms with Gasteiger partial charge in [-0.05, 0) is 25.0 Å². The predicted octanol–water partition coefficient (Wildman–Crippen LogP) is 3.03. The standard InChI is InChI=1S/C13H17ClN2O3/c14-10-6-5-9(12(7-10)16(17)18)8-19-13-4-2-1-3-11(13)15/h5-7,11,13H,1-4,8,15H2. The van der Waals surface area contributed by atoms with Crippen LogP contribution in [0.5, 0.6) is 0 Å². The zero-order chi connectivity index (χ0) is 13.8. The lowest BCUT2D eigenvalue weighted by Gasteiger charge is -2.28. The Kier molecular flexibility index (Phi) is 4.74. The van der Waals surface area contributed by atoms with Crippen LogP contribution in [0.1, 0.15) is 31.2 Å². The lowest BCUT2D eigenvalue weighted by Crippen LogP contribution is -2.39. The Labute approximate surface area is 116 Å². The Morgan fingerprint density at radius 2 is 2.16 bits per heavy atom. The van der Waals surface area contributed by atoms with Crippen molar-refractivity contribution >= 4 is 17.3 Å². The fraction of sp³-hybridized carbons (Fsp3) is 0.538. The normalized spacial score (nSPS) is 23.3. The minimum absolute atomic E-state index is 0.00289. The number of nitrogens with zero attached hydrogens (tertiary/aromatic N) is 1. The number of hydrogen-bond donors (Lipinski definition) is 1. The number of nitro groups is 1. The first-order valence-corrected chi connectivity index (χ1v) is 6.75. The maximum atomic E-state index is 11.0. The van der Waals surface area contributed by atoms with E-state index in [-0.39, 0.29) is 24.4 Å². The molecule has 1 saturated carbocycles. The van der Waals surface area contributed by atoms with E-state index >= 15 is 0 Å². The van der Waals surface area contributed by atoms with E-state index in [4.69, 9.17) is 22.1 Å². The summed E-state index contributed by atoms with van der Waals surface area (Å²) in [7, 11) is 0. The third-order valence-electron chi connectivity index (χ3n) is 3.45. The second-order valence-electron chi connectivity index (χ2n) is 4.83. The first kappa shape index (κ1) is 14.2. The molecule has 0 heterocycles. The van der Waals surface area contributed by atoms with Gasteiger partial charge >= 0.3 is 0 Å². The highest BCUT2D eigenvalue weighted by Crippen LogP contribution is 2.26. The summed E-state index contributed by atoms with van der Waals surface area (Å²) in [6, 6.07) is 4.64. The van der Waals surface area contributed by atoms with Gasteiger partial charge in [0.1, 0.15) is 0 Å². The lowest BCUT2D eigenvalue weighted by molar-refractivity contribution is -0.386. The zero-order valence-corrected chi connectivity index (χ0v) is 11.3. The second-order valence-corrected chi connectivity index (χ2v) is 5.26. The number of nitrogens with two attached hydrogens (primary N) is 1. The van der Waals surface area contributed by atoms with E-state index in [2.05, 4.69) is 0 Å². The van der Waals surface area contributed by atoms with Crippen LogP contribution in [0.15, 0.2) is 18.2 Å². The molecule has 0 bridgehead atoms. The summed E-state index contributed by atoms with van der Waals surface area (Å²) in [4.78, 5) is 10.5. The Morgan fingerprint density at radius 3 is 2.84 bits per heavy atom. The van der Waals surface area contributed by atoms with E-state index in [0.717, 1.165) is 25.7 Å². The van der Waals surface area contributed by atoms with Gasteiger partial charge in [0.05, 0.1) is 23.2 Å². The quantitative estimate of drug-likeness (QED) is 0.681. The van der Waals surface area contributed by atoms with Crippen molar-refractivity contribution in [1.82, 2.24) is 0 Å². The number of ether oxygens (including phenoxy) is 1. The first-order chi connectivity index (χ1) is 9.08. The third-order valence-corrected chi connectivity index (χ3v) is 3.69. The summed E-state index contributed by atoms with van der Waals surface area (Å²) < 4.78 is 5.74. The molecule has 2 atom stereocenters. The highest BCUT2D eigenvalue weighted by Gasteiger charge is 2.23. The molecule has 1 fully saturated rings. The maximum Gasteiger partial charge on any atom is 0.276 e. The highest BCUT2D eigenvalue weighted by atomic mass is 35.5. The minimum atomic E-state index is -0.439. The van der Waals surface area contributed by atoms with Crippen molar-refractivity contribution < 1.29 is 9.66 Å². The molecule has 1 aliphatic rings. The molecule has 5 nitrogen and oxygen atoms in total. The molecule has 0 radical (unpaired) electrons. The summed E-state index contributed by atoms with van der Waals surface area (Å²) in [5.41, 5.74) is 6.52. The van der Waals surface area contributed by atoms with E-state index in [0.29, 0.717) is 10.6 Å². The number of hydrogen-bond acceptors (Lipinski definition) is 4. The summed E-state index contributed by atoms with van der Waals surface area (Å²) in [6.45, 7) is 0.200. The second kappa shape index (κ2) is 6.32. The van der Waals surface area contributed by atoms with Gasteiger partial charge in [-0.3, -0.25) is 10.1 Å². The summed E-state index contributed by atoms with van der Waals surface area (Å²) in [5.74, 6) is 0. The van der Waals surface area contributed by atoms with Gasteiger partial charge in [-0.1, -0.05) is 24.4 Å². The van der Waals surface area contributed by atoms with Gasteiger partial charge in [-0.2, -0.15) is 0 Å². The average Bonchev–Trinajstić information content (AvgIpc) is 2.38. The van der Waals surface area contributed by atoms with E-state index < -0.39 is 4.92 Å². The average molecular weight is 285 g/mol. The van der Waals surface area contributed by atoms with Gasteiger partial charge in [0.25, 0.3) is 5.69 Å². The predicted molar refractivity (Wildman–Crippen MR) is 73.1 cm³/mol. The molecule has 1 aliphatic carbocycles. The van der Waals surface area contributed by atoms with Crippen molar-refractivity contribution in [1.29, 1.82) is 0 Å². The smallest absolute Gasteiger partial charge is 0.276 e. The fourth-order valence-electron chi connectivity index (χ4n) is 2.36. The molecular weight excluding hydrogens is 268 g/mol. The van der Waals surface area contributed by atoms with Crippen LogP contribution in [-0.4, -0.2) is 17.1 Å². The summed E-state index contributed by atoms with van der Waals surface area (Å²) >= 11 is 5.77. The molecule has 0 aromatic heterocycles. The molecule has 1 aromatic rings. The minimum Gasteiger partial charge on any atom is -0.372 e. The van der Waals surface area contributed by atoms with Gasteiger partial charge in [0, 0.05) is 17.1 Å². The van der Waals surface area contributed by atoms with Crippen LogP contribution in [0.2, 0.25) is 5.02 Å². The lowest BCUT2D eigenvalue weighted by atomic mass is 9.93. The first-order valence-electron chi connectivity index (χ1n) is 6.38. The molecule has 6 heteroatoms. The molecule has 1 aromatic carbocycles. The number of halogens is 1. The van der Waals surface area contributed by atoms with Crippen molar-refractivity contribution in [2.75, 3.05) is 0 Å². The van der Waals surface area contributed by atoms with E-state index in [9.17, 15) is 10.1 Å². The number of benzene rings is 1. The molecular formula is C13H17ClN2O3. The Hall–Kier alpha value is -1.17. The molecule has 2 unspecified atom stereocenters. The monoisotopic (exact) mass is 284 g/mol. The Morgan fingerprint density at radius 1 is 1.42 bits per heavy atom. The molecule has 19 heavy (non-hydrogen) atoms. The zero-order valence-electron chi connectivity index (χ0n) is 10.5. The molecule has 0 aliphatic heterocycles. The van der Waals surface area contributed by atoms with Gasteiger partial charge in [-0.25, -0.2) is 0 Å². The summed E-state index contributed by atoms with van der Waals surface area (Å²) in [6.07, 6.45) is 4.09. The summed E-state index contributed by atoms with van der Waals surface area (Å²) in [5, 5.41) is 11.3. The maximum absolute atomic E-state index is 11.0. The molecule has 104 valence electrons. The molecule has 2 rings (SSSR count). The van der Waals surface area contributed by atoms with Crippen molar-refractivity contribution in [2.45, 2.75) is 44.4 Å². The van der Waals surface area contributed by atoms with E-state index in [1.807, 2.05) is 0 Å². The van der Waals surface area contributed by atoms with Crippen LogP contribution in [0.3, 0.4) is 0 Å². The van der Waals surface area contributed by atoms with Gasteiger partial charge in [0.2, 0.25) is 0 Å². The molecule has 2 N–H and O–H groups in total. The van der Waals surface area contributed by atoms with Crippen LogP contribution in [0.4, 0.5) is 5.69 Å². The fourth-order valence-corrected chi connectivity index (χ4v) is 2.52. The molecule has 0 saturated heterocycles. The number of rotatable bonds is 4. The van der Waals surface area contributed by atoms with E-state index in [1.54, 1.807) is 12.1 Å². The molecule has 0 spiro atoms. The van der Waals surface area contributed by atoms with Crippen LogP contribution in [-0.2, 0) is 11.3 Å². The highest BCUT2D eigenvalue weighted by molar-refractivity contribution is 6.30. The SMILES string of the molecule is NC1CCCCC1OCc1ccc(Cl)cc1[N+](=O)[O-]. The van der Waals surface area contributed by atoms with Crippen molar-refractivity contribution in [2.24, 2.45) is 5.73 Å². The third kappa shape index (κ3) is 3.65. The van der Waals surface area contributed by atoms with Crippen LogP contribution in [0.25, 0.3) is 0 Å². The van der Waals surface area contributed by atoms with Crippen molar-refractivity contribution in [3.63, 3.8) is 0 Å².